The van der Waals surface area contributed by atoms with Crippen LogP contribution >= 0.6 is 0 Å². The molecule has 1 aliphatic heterocycles. The Morgan fingerprint density at radius 3 is 2.89 bits per heavy atom. The van der Waals surface area contributed by atoms with Crippen molar-refractivity contribution in [1.82, 2.24) is 9.97 Å². The summed E-state index contributed by atoms with van der Waals surface area (Å²) in [6.07, 6.45) is 4.04. The number of hydrogen-bond acceptors (Lipinski definition) is 4. The van der Waals surface area contributed by atoms with Crippen LogP contribution in [0.3, 0.4) is 0 Å². The number of anilines is 1. The van der Waals surface area contributed by atoms with Crippen LogP contribution < -0.4 is 10.6 Å². The van der Waals surface area contributed by atoms with Crippen LogP contribution in [-0.4, -0.2) is 29.1 Å². The van der Waals surface area contributed by atoms with Gasteiger partial charge in [-0.3, -0.25) is 4.98 Å². The molecule has 2 aromatic rings. The highest BCUT2D eigenvalue weighted by Crippen LogP contribution is 2.23. The van der Waals surface area contributed by atoms with Crippen LogP contribution in [0.5, 0.6) is 0 Å². The van der Waals surface area contributed by atoms with Gasteiger partial charge < -0.3 is 10.6 Å². The zero-order chi connectivity index (χ0) is 13.2. The number of fused-ring (bicyclic) bond motifs is 1. The molecule has 0 spiro atoms. The fraction of sp³-hybridized carbons (Fsp3) is 0.467. The minimum atomic E-state index is 0.328. The van der Waals surface area contributed by atoms with Gasteiger partial charge in [0.1, 0.15) is 5.82 Å². The summed E-state index contributed by atoms with van der Waals surface area (Å²) in [5, 5.41) is 0. The van der Waals surface area contributed by atoms with Crippen molar-refractivity contribution in [3.8, 4) is 0 Å². The van der Waals surface area contributed by atoms with Gasteiger partial charge in [0.05, 0.1) is 17.2 Å². The largest absolute Gasteiger partial charge is 0.355 e. The summed E-state index contributed by atoms with van der Waals surface area (Å²) >= 11 is 0. The van der Waals surface area contributed by atoms with Crippen molar-refractivity contribution in [3.05, 3.63) is 30.5 Å². The van der Waals surface area contributed by atoms with Gasteiger partial charge in [-0.15, -0.1) is 0 Å². The fourth-order valence-electron chi connectivity index (χ4n) is 2.79. The number of rotatable bonds is 2. The predicted molar refractivity (Wildman–Crippen MR) is 78.1 cm³/mol. The molecule has 2 atom stereocenters. The van der Waals surface area contributed by atoms with Gasteiger partial charge in [0, 0.05) is 19.1 Å². The van der Waals surface area contributed by atoms with Crippen LogP contribution in [0, 0.1) is 5.92 Å². The quantitative estimate of drug-likeness (QED) is 0.895. The van der Waals surface area contributed by atoms with Gasteiger partial charge in [0.2, 0.25) is 0 Å². The molecule has 0 radical (unpaired) electrons. The molecule has 2 unspecified atom stereocenters. The summed E-state index contributed by atoms with van der Waals surface area (Å²) in [5.41, 5.74) is 8.07. The molecule has 1 aromatic heterocycles. The van der Waals surface area contributed by atoms with Gasteiger partial charge in [0.25, 0.3) is 0 Å². The lowest BCUT2D eigenvalue weighted by Gasteiger charge is -2.37. The number of para-hydroxylation sites is 2. The van der Waals surface area contributed by atoms with Crippen molar-refractivity contribution in [2.24, 2.45) is 11.7 Å². The molecule has 1 aliphatic rings. The topological polar surface area (TPSA) is 55.0 Å². The molecule has 0 saturated carbocycles. The smallest absolute Gasteiger partial charge is 0.147 e. The standard InChI is InChI=1S/C15H20N4/c1-2-11-10-19(8-7-12(11)16)15-9-17-13-5-3-4-6-14(13)18-15/h3-6,9,11-12H,2,7-8,10,16H2,1H3. The molecule has 100 valence electrons. The summed E-state index contributed by atoms with van der Waals surface area (Å²) in [4.78, 5) is 11.5. The van der Waals surface area contributed by atoms with Gasteiger partial charge in [0.15, 0.2) is 0 Å². The van der Waals surface area contributed by atoms with Crippen LogP contribution in [0.2, 0.25) is 0 Å². The number of benzene rings is 1. The normalized spacial score (nSPS) is 23.8. The van der Waals surface area contributed by atoms with E-state index in [0.717, 1.165) is 42.8 Å². The summed E-state index contributed by atoms with van der Waals surface area (Å²) in [6.45, 7) is 4.18. The average Bonchev–Trinajstić information content (AvgIpc) is 2.47. The van der Waals surface area contributed by atoms with Crippen LogP contribution in [0.4, 0.5) is 5.82 Å². The first-order valence-electron chi connectivity index (χ1n) is 7.00. The van der Waals surface area contributed by atoms with Crippen molar-refractivity contribution in [3.63, 3.8) is 0 Å². The number of piperidine rings is 1. The second-order valence-corrected chi connectivity index (χ2v) is 5.28. The Labute approximate surface area is 113 Å². The summed E-state index contributed by atoms with van der Waals surface area (Å²) in [7, 11) is 0. The molecule has 19 heavy (non-hydrogen) atoms. The molecule has 0 amide bonds. The van der Waals surface area contributed by atoms with Gasteiger partial charge in [-0.2, -0.15) is 0 Å². The number of nitrogens with zero attached hydrogens (tertiary/aromatic N) is 3. The number of aromatic nitrogens is 2. The van der Waals surface area contributed by atoms with E-state index in [-0.39, 0.29) is 0 Å². The predicted octanol–water partition coefficient (Wildman–Crippen LogP) is 2.19. The van der Waals surface area contributed by atoms with E-state index in [1.54, 1.807) is 0 Å². The molecule has 4 heteroatoms. The molecule has 2 heterocycles. The first-order chi connectivity index (χ1) is 9.28. The zero-order valence-electron chi connectivity index (χ0n) is 11.3. The maximum atomic E-state index is 6.16. The minimum absolute atomic E-state index is 0.328. The van der Waals surface area contributed by atoms with Crippen molar-refractivity contribution in [1.29, 1.82) is 0 Å². The zero-order valence-corrected chi connectivity index (χ0v) is 11.3. The van der Waals surface area contributed by atoms with Crippen LogP contribution in [-0.2, 0) is 0 Å². The van der Waals surface area contributed by atoms with Gasteiger partial charge in [-0.05, 0) is 24.5 Å². The Bertz CT molecular complexity index is 569. The Hall–Kier alpha value is -1.68. The average molecular weight is 256 g/mol. The van der Waals surface area contributed by atoms with E-state index < -0.39 is 0 Å². The summed E-state index contributed by atoms with van der Waals surface area (Å²) in [6, 6.07) is 8.33. The Morgan fingerprint density at radius 1 is 1.32 bits per heavy atom. The summed E-state index contributed by atoms with van der Waals surface area (Å²) < 4.78 is 0. The Balaban J connectivity index is 1.87. The molecule has 0 bridgehead atoms. The second-order valence-electron chi connectivity index (χ2n) is 5.28. The van der Waals surface area contributed by atoms with Crippen LogP contribution in [0.1, 0.15) is 19.8 Å². The molecule has 1 saturated heterocycles. The molecular formula is C15H20N4. The lowest BCUT2D eigenvalue weighted by atomic mass is 9.91. The van der Waals surface area contributed by atoms with E-state index in [1.165, 1.54) is 0 Å². The third-order valence-corrected chi connectivity index (χ3v) is 4.08. The van der Waals surface area contributed by atoms with Crippen molar-refractivity contribution in [2.75, 3.05) is 18.0 Å². The van der Waals surface area contributed by atoms with Crippen LogP contribution in [0.25, 0.3) is 11.0 Å². The Kier molecular flexibility index (Phi) is 3.34. The molecule has 1 aromatic carbocycles. The van der Waals surface area contributed by atoms with E-state index in [0.29, 0.717) is 12.0 Å². The molecule has 1 fully saturated rings. The van der Waals surface area contributed by atoms with Crippen LogP contribution in [0.15, 0.2) is 30.5 Å². The molecule has 0 aliphatic carbocycles. The van der Waals surface area contributed by atoms with Crippen molar-refractivity contribution < 1.29 is 0 Å². The SMILES string of the molecule is CCC1CN(c2cnc3ccccc3n2)CCC1N. The first-order valence-corrected chi connectivity index (χ1v) is 7.00. The molecule has 2 N–H and O–H groups in total. The highest BCUT2D eigenvalue weighted by atomic mass is 15.2. The van der Waals surface area contributed by atoms with Gasteiger partial charge >= 0.3 is 0 Å². The molecule has 4 nitrogen and oxygen atoms in total. The van der Waals surface area contributed by atoms with Crippen molar-refractivity contribution in [2.45, 2.75) is 25.8 Å². The molecular weight excluding hydrogens is 236 g/mol. The maximum absolute atomic E-state index is 6.16. The maximum Gasteiger partial charge on any atom is 0.147 e. The van der Waals surface area contributed by atoms with E-state index in [4.69, 9.17) is 10.7 Å². The van der Waals surface area contributed by atoms with Gasteiger partial charge in [-0.1, -0.05) is 25.5 Å². The third kappa shape index (κ3) is 2.40. The minimum Gasteiger partial charge on any atom is -0.355 e. The number of nitrogens with two attached hydrogens (primary N) is 1. The highest BCUT2D eigenvalue weighted by molar-refractivity contribution is 5.75. The van der Waals surface area contributed by atoms with E-state index in [1.807, 2.05) is 30.5 Å². The second kappa shape index (κ2) is 5.13. The van der Waals surface area contributed by atoms with E-state index >= 15 is 0 Å². The monoisotopic (exact) mass is 256 g/mol. The third-order valence-electron chi connectivity index (χ3n) is 4.08. The van der Waals surface area contributed by atoms with Gasteiger partial charge in [-0.25, -0.2) is 4.98 Å². The molecule has 3 rings (SSSR count). The van der Waals surface area contributed by atoms with Crippen molar-refractivity contribution >= 4 is 16.9 Å². The fourth-order valence-corrected chi connectivity index (χ4v) is 2.79. The lowest BCUT2D eigenvalue weighted by molar-refractivity contribution is 0.347. The summed E-state index contributed by atoms with van der Waals surface area (Å²) in [5.74, 6) is 1.53. The van der Waals surface area contributed by atoms with E-state index in [9.17, 15) is 0 Å². The lowest BCUT2D eigenvalue weighted by Crippen LogP contribution is -2.47. The number of hydrogen-bond donors (Lipinski definition) is 1. The van der Waals surface area contributed by atoms with E-state index in [2.05, 4.69) is 16.8 Å². The first kappa shape index (κ1) is 12.4. The Morgan fingerprint density at radius 2 is 2.11 bits per heavy atom. The highest BCUT2D eigenvalue weighted by Gasteiger charge is 2.26.